The maximum Gasteiger partial charge on any atom is 0.229 e. The molecule has 4 aromatic rings. The Kier molecular flexibility index (Phi) is 3.76. The highest BCUT2D eigenvalue weighted by molar-refractivity contribution is 7.10. The first kappa shape index (κ1) is 14.5. The normalized spacial score (nSPS) is 10.8. The van der Waals surface area contributed by atoms with Gasteiger partial charge in [0.2, 0.25) is 5.91 Å². The smallest absolute Gasteiger partial charge is 0.229 e. The molecular weight excluding hydrogens is 322 g/mol. The van der Waals surface area contributed by atoms with E-state index in [1.807, 2.05) is 41.8 Å². The summed E-state index contributed by atoms with van der Waals surface area (Å²) in [5.74, 6) is 0.500. The second kappa shape index (κ2) is 6.21. The minimum Gasteiger partial charge on any atom is -0.323 e. The number of amides is 1. The van der Waals surface area contributed by atoms with Crippen molar-refractivity contribution in [3.05, 3.63) is 65.2 Å². The van der Waals surface area contributed by atoms with Gasteiger partial charge in [-0.25, -0.2) is 9.50 Å². The van der Waals surface area contributed by atoms with Crippen molar-refractivity contribution in [2.45, 2.75) is 6.42 Å². The predicted molar refractivity (Wildman–Crippen MR) is 92.9 cm³/mol. The number of hydrogen-bond donors (Lipinski definition) is 1. The maximum atomic E-state index is 12.2. The molecule has 24 heavy (non-hydrogen) atoms. The summed E-state index contributed by atoms with van der Waals surface area (Å²) in [6, 6.07) is 11.3. The molecule has 0 aliphatic heterocycles. The molecule has 0 bridgehead atoms. The fourth-order valence-corrected chi connectivity index (χ4v) is 3.09. The third kappa shape index (κ3) is 2.89. The topological polar surface area (TPSA) is 72.2 Å². The summed E-state index contributed by atoms with van der Waals surface area (Å²) >= 11 is 1.57. The number of anilines is 1. The van der Waals surface area contributed by atoms with E-state index in [1.165, 1.54) is 0 Å². The fourth-order valence-electron chi connectivity index (χ4n) is 2.39. The first-order valence-corrected chi connectivity index (χ1v) is 8.25. The van der Waals surface area contributed by atoms with Crippen LogP contribution in [0.4, 0.5) is 5.69 Å². The van der Waals surface area contributed by atoms with E-state index in [4.69, 9.17) is 0 Å². The molecule has 0 aliphatic rings. The Hall–Kier alpha value is -3.06. The number of hydrogen-bond acceptors (Lipinski definition) is 5. The highest BCUT2D eigenvalue weighted by Gasteiger charge is 2.12. The molecular formula is C17H13N5OS. The minimum atomic E-state index is -0.0727. The number of nitrogens with one attached hydrogen (secondary N) is 1. The molecule has 0 aromatic carbocycles. The Morgan fingerprint density at radius 1 is 1.21 bits per heavy atom. The maximum absolute atomic E-state index is 12.2. The van der Waals surface area contributed by atoms with Crippen molar-refractivity contribution in [1.82, 2.24) is 19.6 Å². The van der Waals surface area contributed by atoms with E-state index in [0.717, 1.165) is 10.4 Å². The molecule has 4 heterocycles. The van der Waals surface area contributed by atoms with Gasteiger partial charge in [0, 0.05) is 29.0 Å². The van der Waals surface area contributed by atoms with Crippen molar-refractivity contribution in [3.8, 4) is 11.4 Å². The van der Waals surface area contributed by atoms with Crippen molar-refractivity contribution in [3.63, 3.8) is 0 Å². The summed E-state index contributed by atoms with van der Waals surface area (Å²) in [7, 11) is 0. The average Bonchev–Trinajstić information content (AvgIpc) is 3.25. The highest BCUT2D eigenvalue weighted by Crippen LogP contribution is 2.20. The lowest BCUT2D eigenvalue weighted by molar-refractivity contribution is -0.115. The lowest BCUT2D eigenvalue weighted by atomic mass is 10.3. The number of aromatic nitrogens is 4. The SMILES string of the molecule is O=C(Cc1cccs1)Nc1cccn2nc(-c3cccnc3)nc12. The summed E-state index contributed by atoms with van der Waals surface area (Å²) in [5, 5.41) is 9.32. The molecule has 0 aliphatic carbocycles. The van der Waals surface area contributed by atoms with Gasteiger partial charge < -0.3 is 5.32 Å². The van der Waals surface area contributed by atoms with Crippen LogP contribution < -0.4 is 5.32 Å². The van der Waals surface area contributed by atoms with E-state index in [2.05, 4.69) is 20.4 Å². The Morgan fingerprint density at radius 2 is 2.17 bits per heavy atom. The van der Waals surface area contributed by atoms with Crippen LogP contribution in [0.3, 0.4) is 0 Å². The lowest BCUT2D eigenvalue weighted by Gasteiger charge is -2.04. The van der Waals surface area contributed by atoms with E-state index in [1.54, 1.807) is 34.4 Å². The molecule has 0 saturated heterocycles. The van der Waals surface area contributed by atoms with E-state index < -0.39 is 0 Å². The van der Waals surface area contributed by atoms with E-state index in [0.29, 0.717) is 23.6 Å². The molecule has 1 amide bonds. The van der Waals surface area contributed by atoms with Gasteiger partial charge in [0.1, 0.15) is 0 Å². The summed E-state index contributed by atoms with van der Waals surface area (Å²) in [6.45, 7) is 0. The quantitative estimate of drug-likeness (QED) is 0.622. The number of carbonyl (C=O) groups is 1. The zero-order chi connectivity index (χ0) is 16.4. The van der Waals surface area contributed by atoms with Gasteiger partial charge in [-0.2, -0.15) is 0 Å². The van der Waals surface area contributed by atoms with Crippen molar-refractivity contribution < 1.29 is 4.79 Å². The van der Waals surface area contributed by atoms with Gasteiger partial charge in [0.05, 0.1) is 12.1 Å². The zero-order valence-electron chi connectivity index (χ0n) is 12.6. The van der Waals surface area contributed by atoms with Crippen LogP contribution in [0.25, 0.3) is 17.0 Å². The van der Waals surface area contributed by atoms with Gasteiger partial charge in [0.25, 0.3) is 0 Å². The first-order chi connectivity index (χ1) is 11.8. The molecule has 0 spiro atoms. The van der Waals surface area contributed by atoms with Crippen molar-refractivity contribution in [2.75, 3.05) is 5.32 Å². The van der Waals surface area contributed by atoms with Crippen molar-refractivity contribution in [1.29, 1.82) is 0 Å². The molecule has 0 atom stereocenters. The fraction of sp³-hybridized carbons (Fsp3) is 0.0588. The van der Waals surface area contributed by atoms with Crippen molar-refractivity contribution in [2.24, 2.45) is 0 Å². The third-order valence-corrected chi connectivity index (χ3v) is 4.35. The first-order valence-electron chi connectivity index (χ1n) is 7.37. The second-order valence-electron chi connectivity index (χ2n) is 5.17. The predicted octanol–water partition coefficient (Wildman–Crippen LogP) is 3.03. The average molecular weight is 335 g/mol. The van der Waals surface area contributed by atoms with Crippen LogP contribution in [0, 0.1) is 0 Å². The molecule has 0 unspecified atom stereocenters. The van der Waals surface area contributed by atoms with Gasteiger partial charge in [-0.15, -0.1) is 16.4 Å². The van der Waals surface area contributed by atoms with Crippen LogP contribution in [-0.4, -0.2) is 25.5 Å². The van der Waals surface area contributed by atoms with Gasteiger partial charge in [-0.3, -0.25) is 9.78 Å². The largest absolute Gasteiger partial charge is 0.323 e. The Bertz CT molecular complexity index is 979. The number of pyridine rings is 2. The number of rotatable bonds is 4. The van der Waals surface area contributed by atoms with Crippen LogP contribution in [0.2, 0.25) is 0 Å². The highest BCUT2D eigenvalue weighted by atomic mass is 32.1. The molecule has 0 saturated carbocycles. The van der Waals surface area contributed by atoms with Crippen LogP contribution in [0.1, 0.15) is 4.88 Å². The number of thiophene rings is 1. The van der Waals surface area contributed by atoms with Gasteiger partial charge in [-0.1, -0.05) is 6.07 Å². The number of nitrogens with zero attached hydrogens (tertiary/aromatic N) is 4. The van der Waals surface area contributed by atoms with E-state index in [9.17, 15) is 4.79 Å². The molecule has 4 rings (SSSR count). The summed E-state index contributed by atoms with van der Waals surface area (Å²) in [6.07, 6.45) is 5.57. The Balaban J connectivity index is 1.64. The molecule has 0 radical (unpaired) electrons. The number of carbonyl (C=O) groups excluding carboxylic acids is 1. The van der Waals surface area contributed by atoms with E-state index in [-0.39, 0.29) is 5.91 Å². The van der Waals surface area contributed by atoms with Gasteiger partial charge in [-0.05, 0) is 35.7 Å². The molecule has 118 valence electrons. The summed E-state index contributed by atoms with van der Waals surface area (Å²) in [5.41, 5.74) is 2.08. The minimum absolute atomic E-state index is 0.0727. The Labute approximate surface area is 141 Å². The molecule has 7 heteroatoms. The molecule has 4 aromatic heterocycles. The van der Waals surface area contributed by atoms with Crippen LogP contribution in [-0.2, 0) is 11.2 Å². The summed E-state index contributed by atoms with van der Waals surface area (Å²) in [4.78, 5) is 21.9. The monoisotopic (exact) mass is 335 g/mol. The second-order valence-corrected chi connectivity index (χ2v) is 6.20. The van der Waals surface area contributed by atoms with Gasteiger partial charge >= 0.3 is 0 Å². The van der Waals surface area contributed by atoms with Crippen LogP contribution in [0.5, 0.6) is 0 Å². The van der Waals surface area contributed by atoms with Gasteiger partial charge in [0.15, 0.2) is 11.5 Å². The molecule has 1 N–H and O–H groups in total. The molecule has 6 nitrogen and oxygen atoms in total. The number of fused-ring (bicyclic) bond motifs is 1. The van der Waals surface area contributed by atoms with Crippen LogP contribution >= 0.6 is 11.3 Å². The Morgan fingerprint density at radius 3 is 2.96 bits per heavy atom. The summed E-state index contributed by atoms with van der Waals surface area (Å²) < 4.78 is 1.66. The third-order valence-electron chi connectivity index (χ3n) is 3.47. The van der Waals surface area contributed by atoms with Crippen LogP contribution in [0.15, 0.2) is 60.4 Å². The standard InChI is InChI=1S/C17H13N5OS/c23-15(10-13-5-3-9-24-13)19-14-6-2-8-22-17(14)20-16(21-22)12-4-1-7-18-11-12/h1-9,11H,10H2,(H,19,23). The van der Waals surface area contributed by atoms with Crippen molar-refractivity contribution >= 4 is 28.6 Å². The zero-order valence-corrected chi connectivity index (χ0v) is 13.4. The van der Waals surface area contributed by atoms with E-state index >= 15 is 0 Å². The molecule has 0 fully saturated rings. The lowest BCUT2D eigenvalue weighted by Crippen LogP contribution is -2.14.